The number of sulfonamides is 1. The second kappa shape index (κ2) is 5.62. The van der Waals surface area contributed by atoms with Crippen LogP contribution in [0.1, 0.15) is 36.0 Å². The van der Waals surface area contributed by atoms with Crippen LogP contribution in [0.2, 0.25) is 0 Å². The van der Waals surface area contributed by atoms with Crippen molar-refractivity contribution in [2.75, 3.05) is 6.54 Å². The van der Waals surface area contributed by atoms with Gasteiger partial charge in [-0.3, -0.25) is 4.79 Å². The van der Waals surface area contributed by atoms with Crippen LogP contribution in [0.15, 0.2) is 29.2 Å². The van der Waals surface area contributed by atoms with Crippen molar-refractivity contribution in [3.05, 3.63) is 29.8 Å². The van der Waals surface area contributed by atoms with E-state index in [2.05, 4.69) is 0 Å². The molecule has 0 unspecified atom stereocenters. The fraction of sp³-hybridized carbons (Fsp3) is 0.385. The Morgan fingerprint density at radius 1 is 1.15 bits per heavy atom. The number of hydrogen-bond donors (Lipinski definition) is 1. The van der Waals surface area contributed by atoms with E-state index in [0.29, 0.717) is 12.8 Å². The summed E-state index contributed by atoms with van der Waals surface area (Å²) in [5, 5.41) is 9.08. The molecule has 0 aliphatic carbocycles. The van der Waals surface area contributed by atoms with Gasteiger partial charge in [-0.15, -0.1) is 0 Å². The molecule has 1 aromatic carbocycles. The lowest BCUT2D eigenvalue weighted by Crippen LogP contribution is -2.37. The average Bonchev–Trinajstić information content (AvgIpc) is 2.63. The first-order chi connectivity index (χ1) is 9.44. The van der Waals surface area contributed by atoms with Crippen molar-refractivity contribution < 1.29 is 23.1 Å². The molecule has 2 rings (SSSR count). The van der Waals surface area contributed by atoms with Crippen molar-refractivity contribution in [2.45, 2.75) is 30.6 Å². The number of carboxylic acids is 1. The zero-order chi connectivity index (χ0) is 14.8. The Labute approximate surface area is 117 Å². The highest BCUT2D eigenvalue weighted by atomic mass is 32.2. The number of nitrogens with zero attached hydrogens (tertiary/aromatic N) is 1. The van der Waals surface area contributed by atoms with Crippen LogP contribution in [-0.2, 0) is 14.8 Å². The summed E-state index contributed by atoms with van der Waals surface area (Å²) in [6.07, 6.45) is 2.22. The standard InChI is InChI=1S/C13H15NO5S/c15-12-8-2-1-5-9-14(12)20(18,19)11-7-4-3-6-10(11)13(16)17/h3-4,6-7H,1-2,5,8-9H2,(H,16,17). The minimum atomic E-state index is -4.11. The van der Waals surface area contributed by atoms with Gasteiger partial charge < -0.3 is 5.11 Å². The monoisotopic (exact) mass is 297 g/mol. The highest BCUT2D eigenvalue weighted by molar-refractivity contribution is 7.89. The minimum absolute atomic E-state index is 0.106. The largest absolute Gasteiger partial charge is 0.478 e. The van der Waals surface area contributed by atoms with Crippen molar-refractivity contribution >= 4 is 21.9 Å². The first-order valence-corrected chi connectivity index (χ1v) is 7.76. The molecule has 0 saturated carbocycles. The number of aromatic carboxylic acids is 1. The molecule has 1 aliphatic heterocycles. The summed E-state index contributed by atoms with van der Waals surface area (Å²) in [5.74, 6) is -1.80. The maximum Gasteiger partial charge on any atom is 0.337 e. The number of amides is 1. The highest BCUT2D eigenvalue weighted by Gasteiger charge is 2.32. The highest BCUT2D eigenvalue weighted by Crippen LogP contribution is 2.23. The Bertz CT molecular complexity index is 638. The van der Waals surface area contributed by atoms with Crippen LogP contribution in [0, 0.1) is 0 Å². The first kappa shape index (κ1) is 14.5. The SMILES string of the molecule is O=C(O)c1ccccc1S(=O)(=O)N1CCCCCC1=O. The molecule has 108 valence electrons. The topological polar surface area (TPSA) is 91.8 Å². The molecule has 1 heterocycles. The van der Waals surface area contributed by atoms with Gasteiger partial charge in [0.15, 0.2) is 0 Å². The van der Waals surface area contributed by atoms with E-state index in [9.17, 15) is 18.0 Å². The molecule has 0 spiro atoms. The zero-order valence-electron chi connectivity index (χ0n) is 10.8. The van der Waals surface area contributed by atoms with Gasteiger partial charge >= 0.3 is 5.97 Å². The molecule has 7 heteroatoms. The summed E-state index contributed by atoms with van der Waals surface area (Å²) < 4.78 is 25.8. The van der Waals surface area contributed by atoms with Gasteiger partial charge in [0.1, 0.15) is 4.90 Å². The van der Waals surface area contributed by atoms with E-state index in [4.69, 9.17) is 5.11 Å². The fourth-order valence-corrected chi connectivity index (χ4v) is 3.85. The maximum atomic E-state index is 12.5. The average molecular weight is 297 g/mol. The zero-order valence-corrected chi connectivity index (χ0v) is 11.6. The van der Waals surface area contributed by atoms with Gasteiger partial charge in [0.05, 0.1) is 5.56 Å². The van der Waals surface area contributed by atoms with Crippen molar-refractivity contribution in [2.24, 2.45) is 0 Å². The third-order valence-electron chi connectivity index (χ3n) is 3.22. The predicted octanol–water partition coefficient (Wildman–Crippen LogP) is 1.48. The van der Waals surface area contributed by atoms with Crippen LogP contribution >= 0.6 is 0 Å². The molecule has 20 heavy (non-hydrogen) atoms. The van der Waals surface area contributed by atoms with Crippen LogP contribution in [0.5, 0.6) is 0 Å². The number of benzene rings is 1. The van der Waals surface area contributed by atoms with E-state index in [-0.39, 0.29) is 23.4 Å². The van der Waals surface area contributed by atoms with E-state index in [1.54, 1.807) is 0 Å². The molecule has 1 N–H and O–H groups in total. The molecule has 6 nitrogen and oxygen atoms in total. The lowest BCUT2D eigenvalue weighted by molar-refractivity contribution is -0.126. The second-order valence-electron chi connectivity index (χ2n) is 4.58. The summed E-state index contributed by atoms with van der Waals surface area (Å²) in [4.78, 5) is 22.7. The Hall–Kier alpha value is -1.89. The number of hydrogen-bond acceptors (Lipinski definition) is 4. The molecule has 0 atom stereocenters. The Balaban J connectivity index is 2.49. The molecule has 1 aromatic rings. The molecule has 0 aromatic heterocycles. The quantitative estimate of drug-likeness (QED) is 0.912. The van der Waals surface area contributed by atoms with Crippen LogP contribution < -0.4 is 0 Å². The normalized spacial score (nSPS) is 16.8. The molecular formula is C13H15NO5S. The molecule has 0 bridgehead atoms. The molecule has 1 saturated heterocycles. The summed E-state index contributed by atoms with van der Waals surface area (Å²) in [6.45, 7) is 0.106. The summed E-state index contributed by atoms with van der Waals surface area (Å²) >= 11 is 0. The van der Waals surface area contributed by atoms with E-state index in [0.717, 1.165) is 10.7 Å². The lowest BCUT2D eigenvalue weighted by Gasteiger charge is -2.21. The smallest absolute Gasteiger partial charge is 0.337 e. The van der Waals surface area contributed by atoms with Crippen molar-refractivity contribution in [1.82, 2.24) is 4.31 Å². The van der Waals surface area contributed by atoms with Gasteiger partial charge in [0.2, 0.25) is 5.91 Å². The maximum absolute atomic E-state index is 12.5. The van der Waals surface area contributed by atoms with Crippen LogP contribution in [0.3, 0.4) is 0 Å². The Kier molecular flexibility index (Phi) is 4.08. The van der Waals surface area contributed by atoms with E-state index in [1.165, 1.54) is 24.3 Å². The minimum Gasteiger partial charge on any atom is -0.478 e. The summed E-state index contributed by atoms with van der Waals surface area (Å²) in [6, 6.07) is 5.34. The first-order valence-electron chi connectivity index (χ1n) is 6.32. The van der Waals surface area contributed by atoms with Gasteiger partial charge in [0.25, 0.3) is 10.0 Å². The van der Waals surface area contributed by atoms with Gasteiger partial charge in [-0.25, -0.2) is 17.5 Å². The number of carbonyl (C=O) groups excluding carboxylic acids is 1. The third kappa shape index (κ3) is 2.67. The van der Waals surface area contributed by atoms with Gasteiger partial charge in [-0.05, 0) is 25.0 Å². The van der Waals surface area contributed by atoms with Crippen molar-refractivity contribution in [3.8, 4) is 0 Å². The molecular weight excluding hydrogens is 282 g/mol. The van der Waals surface area contributed by atoms with E-state index in [1.807, 2.05) is 0 Å². The Morgan fingerprint density at radius 3 is 2.55 bits per heavy atom. The second-order valence-corrected chi connectivity index (χ2v) is 6.41. The Morgan fingerprint density at radius 2 is 1.85 bits per heavy atom. The molecule has 1 fully saturated rings. The number of carbonyl (C=O) groups is 2. The van der Waals surface area contributed by atoms with Gasteiger partial charge in [0, 0.05) is 13.0 Å². The van der Waals surface area contributed by atoms with Crippen LogP contribution in [0.25, 0.3) is 0 Å². The molecule has 1 amide bonds. The van der Waals surface area contributed by atoms with Crippen molar-refractivity contribution in [1.29, 1.82) is 0 Å². The fourth-order valence-electron chi connectivity index (χ4n) is 2.20. The number of rotatable bonds is 3. The lowest BCUT2D eigenvalue weighted by atomic mass is 10.2. The van der Waals surface area contributed by atoms with Crippen LogP contribution in [0.4, 0.5) is 0 Å². The van der Waals surface area contributed by atoms with E-state index >= 15 is 0 Å². The molecule has 0 radical (unpaired) electrons. The van der Waals surface area contributed by atoms with Gasteiger partial charge in [-0.1, -0.05) is 18.6 Å². The predicted molar refractivity (Wildman–Crippen MR) is 70.8 cm³/mol. The summed E-state index contributed by atoms with van der Waals surface area (Å²) in [7, 11) is -4.11. The third-order valence-corrected chi connectivity index (χ3v) is 5.09. The van der Waals surface area contributed by atoms with Gasteiger partial charge in [-0.2, -0.15) is 0 Å². The molecule has 1 aliphatic rings. The van der Waals surface area contributed by atoms with E-state index < -0.39 is 21.9 Å². The summed E-state index contributed by atoms with van der Waals surface area (Å²) in [5.41, 5.74) is -0.315. The van der Waals surface area contributed by atoms with Crippen molar-refractivity contribution in [3.63, 3.8) is 0 Å². The van der Waals surface area contributed by atoms with Crippen LogP contribution in [-0.4, -0.2) is 36.3 Å². The number of carboxylic acid groups (broad SMARTS) is 1.